The molecule has 0 saturated heterocycles. The van der Waals surface area contributed by atoms with Crippen molar-refractivity contribution in [2.75, 3.05) is 6.61 Å². The number of unbranched alkanes of at least 4 members (excludes halogenated alkanes) is 1. The number of aliphatic hydroxyl groups is 2. The van der Waals surface area contributed by atoms with Crippen LogP contribution in [0.3, 0.4) is 0 Å². The summed E-state index contributed by atoms with van der Waals surface area (Å²) < 4.78 is 9.72. The van der Waals surface area contributed by atoms with Crippen LogP contribution in [0.5, 0.6) is 0 Å². The van der Waals surface area contributed by atoms with Gasteiger partial charge in [0, 0.05) is 17.8 Å². The number of amides is 2. The molecule has 2 atom stereocenters. The van der Waals surface area contributed by atoms with E-state index in [4.69, 9.17) is 41.4 Å². The number of carboxylic acid groups (broad SMARTS) is 2. The van der Waals surface area contributed by atoms with Gasteiger partial charge >= 0.3 is 24.1 Å². The number of nitrogens with two attached hydrogens (primary N) is 2. The highest BCUT2D eigenvalue weighted by Crippen LogP contribution is 2.19. The van der Waals surface area contributed by atoms with Gasteiger partial charge in [0.1, 0.15) is 11.7 Å². The van der Waals surface area contributed by atoms with Crippen molar-refractivity contribution in [2.24, 2.45) is 11.5 Å². The predicted molar refractivity (Wildman–Crippen MR) is 132 cm³/mol. The third-order valence-electron chi connectivity index (χ3n) is 3.61. The third-order valence-corrected chi connectivity index (χ3v) is 3.61. The molecule has 0 aromatic carbocycles. The summed E-state index contributed by atoms with van der Waals surface area (Å²) in [5.41, 5.74) is 9.64. The van der Waals surface area contributed by atoms with Gasteiger partial charge in [0.05, 0.1) is 6.10 Å². The number of carbonyl (C=O) groups excluding carboxylic acids is 2. The van der Waals surface area contributed by atoms with Crippen molar-refractivity contribution in [2.45, 2.75) is 91.5 Å². The molecule has 0 heterocycles. The molecule has 0 radical (unpaired) electrons. The van der Waals surface area contributed by atoms with Crippen LogP contribution in [-0.4, -0.2) is 69.0 Å². The van der Waals surface area contributed by atoms with Crippen molar-refractivity contribution >= 4 is 24.1 Å². The van der Waals surface area contributed by atoms with Gasteiger partial charge in [0.15, 0.2) is 0 Å². The van der Waals surface area contributed by atoms with Crippen molar-refractivity contribution in [3.63, 3.8) is 0 Å². The Balaban J connectivity index is -0.000000218. The molecule has 0 bridgehead atoms. The number of ether oxygens (including phenoxy) is 2. The molecule has 0 aromatic rings. The number of aliphatic hydroxyl groups excluding tert-OH is 2. The molecule has 12 nitrogen and oxygen atoms in total. The molecule has 8 N–H and O–H groups in total. The summed E-state index contributed by atoms with van der Waals surface area (Å²) in [5.74, 6) is -1.87. The molecule has 0 fully saturated rings. The molecule has 2 unspecified atom stereocenters. The van der Waals surface area contributed by atoms with Crippen LogP contribution in [0.1, 0.15) is 73.6 Å². The van der Waals surface area contributed by atoms with Crippen molar-refractivity contribution in [3.8, 4) is 0 Å². The molecular weight excluding hydrogens is 464 g/mol. The lowest BCUT2D eigenvalue weighted by Crippen LogP contribution is -2.31. The van der Waals surface area contributed by atoms with Crippen molar-refractivity contribution in [1.29, 1.82) is 0 Å². The maximum Gasteiger partial charge on any atom is 0.405 e. The molecule has 0 rings (SSSR count). The second kappa shape index (κ2) is 22.7. The standard InChI is InChI=1S/C11H22N2O4.C4H10O2.2C4H6O2/c1-8(16-9(12)14)6-4-5-7-11(2,3)17-10(13)15;1-4(6)2-3-5;2*1-3(2)4(5)6/h8H,4-7H2,1-3H3,(H2,12,14)(H2,13,15);4-6H,2-3H2,1H3;2*1H2,2H3,(H,5,6). The van der Waals surface area contributed by atoms with Crippen molar-refractivity contribution in [3.05, 3.63) is 24.3 Å². The highest BCUT2D eigenvalue weighted by molar-refractivity contribution is 5.85. The molecule has 0 aliphatic heterocycles. The lowest BCUT2D eigenvalue weighted by molar-refractivity contribution is -0.133. The van der Waals surface area contributed by atoms with E-state index in [9.17, 15) is 19.2 Å². The van der Waals surface area contributed by atoms with Crippen LogP contribution in [0.4, 0.5) is 9.59 Å². The fraction of sp³-hybridized carbons (Fsp3) is 0.652. The summed E-state index contributed by atoms with van der Waals surface area (Å²) in [4.78, 5) is 40.3. The zero-order chi connectivity index (χ0) is 28.8. The Morgan fingerprint density at radius 2 is 1.29 bits per heavy atom. The van der Waals surface area contributed by atoms with E-state index >= 15 is 0 Å². The molecular formula is C23H44N2O10. The molecule has 206 valence electrons. The minimum Gasteiger partial charge on any atom is -0.478 e. The number of hydrogen-bond acceptors (Lipinski definition) is 8. The van der Waals surface area contributed by atoms with Gasteiger partial charge < -0.3 is 41.4 Å². The monoisotopic (exact) mass is 508 g/mol. The zero-order valence-corrected chi connectivity index (χ0v) is 21.7. The molecule has 35 heavy (non-hydrogen) atoms. The smallest absolute Gasteiger partial charge is 0.405 e. The Hall–Kier alpha value is -3.12. The summed E-state index contributed by atoms with van der Waals surface area (Å²) in [6.07, 6.45) is 1.58. The second-order valence-electron chi connectivity index (χ2n) is 8.21. The summed E-state index contributed by atoms with van der Waals surface area (Å²) in [6.45, 7) is 16.3. The van der Waals surface area contributed by atoms with Gasteiger partial charge in [-0.2, -0.15) is 0 Å². The number of rotatable bonds is 11. The van der Waals surface area contributed by atoms with Crippen LogP contribution in [0.25, 0.3) is 0 Å². The predicted octanol–water partition coefficient (Wildman–Crippen LogP) is 2.95. The molecule has 2 amide bonds. The van der Waals surface area contributed by atoms with Crippen LogP contribution >= 0.6 is 0 Å². The number of primary amides is 2. The Morgan fingerprint density at radius 1 is 0.886 bits per heavy atom. The minimum atomic E-state index is -0.935. The van der Waals surface area contributed by atoms with E-state index in [2.05, 4.69) is 13.2 Å². The SMILES string of the molecule is C=C(C)C(=O)O.C=C(C)C(=O)O.CC(CCCCC(C)(C)OC(N)=O)OC(N)=O.CC(O)CCO. The van der Waals surface area contributed by atoms with E-state index in [1.807, 2.05) is 0 Å². The van der Waals surface area contributed by atoms with Gasteiger partial charge in [-0.25, -0.2) is 19.2 Å². The molecule has 0 aromatic heterocycles. The Labute approximate surface area is 207 Å². The van der Waals surface area contributed by atoms with Crippen LogP contribution in [0.2, 0.25) is 0 Å². The molecule has 0 saturated carbocycles. The van der Waals surface area contributed by atoms with Gasteiger partial charge in [-0.05, 0) is 73.6 Å². The first-order valence-electron chi connectivity index (χ1n) is 10.8. The Morgan fingerprint density at radius 3 is 1.51 bits per heavy atom. The first-order valence-corrected chi connectivity index (χ1v) is 10.8. The highest BCUT2D eigenvalue weighted by atomic mass is 16.6. The fourth-order valence-electron chi connectivity index (χ4n) is 1.75. The largest absolute Gasteiger partial charge is 0.478 e. The van der Waals surface area contributed by atoms with Crippen molar-refractivity contribution in [1.82, 2.24) is 0 Å². The summed E-state index contributed by atoms with van der Waals surface area (Å²) in [7, 11) is 0. The minimum absolute atomic E-state index is 0.0810. The van der Waals surface area contributed by atoms with Crippen LogP contribution in [0, 0.1) is 0 Å². The number of carboxylic acids is 2. The highest BCUT2D eigenvalue weighted by Gasteiger charge is 2.21. The molecule has 0 spiro atoms. The van der Waals surface area contributed by atoms with E-state index in [1.165, 1.54) is 13.8 Å². The lowest BCUT2D eigenvalue weighted by Gasteiger charge is -2.24. The van der Waals surface area contributed by atoms with Crippen LogP contribution < -0.4 is 11.5 Å². The van der Waals surface area contributed by atoms with E-state index in [0.29, 0.717) is 12.8 Å². The number of carbonyl (C=O) groups is 4. The van der Waals surface area contributed by atoms with E-state index in [0.717, 1.165) is 19.3 Å². The number of hydrogen-bond donors (Lipinski definition) is 6. The maximum atomic E-state index is 10.6. The van der Waals surface area contributed by atoms with Gasteiger partial charge in [0.2, 0.25) is 0 Å². The van der Waals surface area contributed by atoms with Gasteiger partial charge in [0.25, 0.3) is 0 Å². The first kappa shape index (κ1) is 39.1. The average molecular weight is 509 g/mol. The zero-order valence-electron chi connectivity index (χ0n) is 21.7. The van der Waals surface area contributed by atoms with Gasteiger partial charge in [-0.1, -0.05) is 13.2 Å². The fourth-order valence-corrected chi connectivity index (χ4v) is 1.75. The summed E-state index contributed by atoms with van der Waals surface area (Å²) in [6, 6.07) is 0. The van der Waals surface area contributed by atoms with Crippen LogP contribution in [0.15, 0.2) is 24.3 Å². The summed E-state index contributed by atoms with van der Waals surface area (Å²) >= 11 is 0. The van der Waals surface area contributed by atoms with Gasteiger partial charge in [-0.15, -0.1) is 0 Å². The Kier molecular flexibility index (Phi) is 25.3. The second-order valence-corrected chi connectivity index (χ2v) is 8.21. The summed E-state index contributed by atoms with van der Waals surface area (Å²) in [5, 5.41) is 32.3. The lowest BCUT2D eigenvalue weighted by atomic mass is 9.99. The van der Waals surface area contributed by atoms with Crippen LogP contribution in [-0.2, 0) is 19.1 Å². The maximum absolute atomic E-state index is 10.6. The number of aliphatic carboxylic acids is 2. The van der Waals surface area contributed by atoms with E-state index in [1.54, 1.807) is 27.7 Å². The molecule has 0 aliphatic carbocycles. The average Bonchev–Trinajstić information content (AvgIpc) is 2.65. The third kappa shape index (κ3) is 41.6. The molecule has 12 heteroatoms. The van der Waals surface area contributed by atoms with E-state index < -0.39 is 29.7 Å². The Bertz CT molecular complexity index is 613. The molecule has 0 aliphatic rings. The first-order chi connectivity index (χ1) is 15.8. The van der Waals surface area contributed by atoms with Crippen molar-refractivity contribution < 1.29 is 49.1 Å². The topological polar surface area (TPSA) is 220 Å². The normalized spacial score (nSPS) is 11.3. The van der Waals surface area contributed by atoms with E-state index in [-0.39, 0.29) is 30.0 Å². The quantitative estimate of drug-likeness (QED) is 0.177. The van der Waals surface area contributed by atoms with Gasteiger partial charge in [-0.3, -0.25) is 0 Å².